The highest BCUT2D eigenvalue weighted by atomic mass is 35.5. The molecule has 0 atom stereocenters. The van der Waals surface area contributed by atoms with Gasteiger partial charge < -0.3 is 14.8 Å². The molecule has 0 saturated carbocycles. The lowest BCUT2D eigenvalue weighted by molar-refractivity contribution is 0.0603. The fraction of sp³-hybridized carbons (Fsp3) is 0.129. The third-order valence-corrected chi connectivity index (χ3v) is 7.19. The van der Waals surface area contributed by atoms with Crippen LogP contribution in [0.3, 0.4) is 0 Å². The van der Waals surface area contributed by atoms with E-state index in [4.69, 9.17) is 26.1 Å². The lowest BCUT2D eigenvalue weighted by atomic mass is 10.0. The summed E-state index contributed by atoms with van der Waals surface area (Å²) in [5, 5.41) is 6.46. The van der Waals surface area contributed by atoms with Gasteiger partial charge >= 0.3 is 5.97 Å². The number of esters is 1. The molecule has 0 radical (unpaired) electrons. The van der Waals surface area contributed by atoms with E-state index in [0.29, 0.717) is 37.7 Å². The molecule has 6 nitrogen and oxygen atoms in total. The molecule has 0 saturated heterocycles. The van der Waals surface area contributed by atoms with Crippen molar-refractivity contribution in [2.45, 2.75) is 20.0 Å². The fourth-order valence-corrected chi connectivity index (χ4v) is 5.33. The number of rotatable bonds is 7. The van der Waals surface area contributed by atoms with Gasteiger partial charge in [0.15, 0.2) is 0 Å². The number of halogens is 1. The van der Waals surface area contributed by atoms with Gasteiger partial charge in [-0.1, -0.05) is 41.9 Å². The normalized spacial score (nSPS) is 11.0. The third kappa shape index (κ3) is 5.65. The van der Waals surface area contributed by atoms with Gasteiger partial charge in [0, 0.05) is 26.9 Å². The monoisotopic (exact) mass is 556 g/mol. The minimum atomic E-state index is -0.541. The zero-order valence-corrected chi connectivity index (χ0v) is 23.1. The molecule has 0 spiro atoms. The van der Waals surface area contributed by atoms with Crippen molar-refractivity contribution in [2.75, 3.05) is 12.4 Å². The molecule has 0 aliphatic rings. The average molecular weight is 557 g/mol. The van der Waals surface area contributed by atoms with Crippen molar-refractivity contribution in [1.82, 2.24) is 4.98 Å². The first kappa shape index (κ1) is 26.4. The summed E-state index contributed by atoms with van der Waals surface area (Å²) in [4.78, 5) is 31.3. The zero-order chi connectivity index (χ0) is 27.5. The molecule has 0 aliphatic carbocycles. The number of carbonyl (C=O) groups excluding carboxylic acids is 2. The van der Waals surface area contributed by atoms with Crippen LogP contribution in [0.1, 0.15) is 34.6 Å². The standard InChI is InChI=1S/C31H25ClN2O4S/c1-18(2)38-22-14-10-20(11-15-22)27-16-24(23-6-4-5-7-26(23)33-27)29(35)34-30-28(31(36)37-3)25(17-39-30)19-8-12-21(32)13-9-19/h4-18H,1-3H3,(H,34,35). The summed E-state index contributed by atoms with van der Waals surface area (Å²) in [5.74, 6) is -0.137. The number of hydrogen-bond acceptors (Lipinski definition) is 6. The number of hydrogen-bond donors (Lipinski definition) is 1. The molecule has 2 heterocycles. The molecule has 5 aromatic rings. The van der Waals surface area contributed by atoms with Crippen LogP contribution in [0.2, 0.25) is 5.02 Å². The van der Waals surface area contributed by atoms with Gasteiger partial charge in [0.1, 0.15) is 16.3 Å². The second kappa shape index (κ2) is 11.3. The highest BCUT2D eigenvalue weighted by Crippen LogP contribution is 2.37. The smallest absolute Gasteiger partial charge is 0.341 e. The number of pyridine rings is 1. The van der Waals surface area contributed by atoms with E-state index in [2.05, 4.69) is 5.32 Å². The Balaban J connectivity index is 1.53. The molecule has 2 aromatic heterocycles. The molecule has 0 bridgehead atoms. The van der Waals surface area contributed by atoms with Gasteiger partial charge in [-0.2, -0.15) is 0 Å². The maximum atomic E-state index is 13.7. The van der Waals surface area contributed by atoms with E-state index in [1.807, 2.05) is 79.9 Å². The molecule has 3 aromatic carbocycles. The van der Waals surface area contributed by atoms with Crippen LogP contribution in [0, 0.1) is 0 Å². The highest BCUT2D eigenvalue weighted by molar-refractivity contribution is 7.15. The Morgan fingerprint density at radius 2 is 1.64 bits per heavy atom. The number of benzene rings is 3. The summed E-state index contributed by atoms with van der Waals surface area (Å²) in [7, 11) is 1.32. The second-order valence-electron chi connectivity index (χ2n) is 9.07. The number of amides is 1. The van der Waals surface area contributed by atoms with Crippen molar-refractivity contribution in [3.05, 3.63) is 100 Å². The Bertz CT molecular complexity index is 1660. The molecule has 8 heteroatoms. The number of fused-ring (bicyclic) bond motifs is 1. The minimum absolute atomic E-state index is 0.0669. The molecule has 196 valence electrons. The van der Waals surface area contributed by atoms with Crippen molar-refractivity contribution < 1.29 is 19.1 Å². The van der Waals surface area contributed by atoms with Gasteiger partial charge in [0.05, 0.1) is 30.0 Å². The van der Waals surface area contributed by atoms with E-state index in [1.165, 1.54) is 18.4 Å². The Kier molecular flexibility index (Phi) is 7.63. The Labute approximate surface area is 235 Å². The van der Waals surface area contributed by atoms with Crippen LogP contribution < -0.4 is 10.1 Å². The lowest BCUT2D eigenvalue weighted by Crippen LogP contribution is -2.15. The molecular weight excluding hydrogens is 532 g/mol. The fourth-order valence-electron chi connectivity index (χ4n) is 4.25. The summed E-state index contributed by atoms with van der Waals surface area (Å²) in [6.07, 6.45) is 0.0669. The number of aromatic nitrogens is 1. The van der Waals surface area contributed by atoms with E-state index < -0.39 is 5.97 Å². The van der Waals surface area contributed by atoms with Crippen LogP contribution in [-0.2, 0) is 4.74 Å². The highest BCUT2D eigenvalue weighted by Gasteiger charge is 2.24. The quantitative estimate of drug-likeness (QED) is 0.205. The maximum Gasteiger partial charge on any atom is 0.341 e. The predicted octanol–water partition coefficient (Wildman–Crippen LogP) is 8.11. The minimum Gasteiger partial charge on any atom is -0.491 e. The molecule has 1 N–H and O–H groups in total. The molecule has 0 aliphatic heterocycles. The molecular formula is C31H25ClN2O4S. The van der Waals surface area contributed by atoms with Crippen LogP contribution in [0.5, 0.6) is 5.75 Å². The Morgan fingerprint density at radius 1 is 0.949 bits per heavy atom. The van der Waals surface area contributed by atoms with Gasteiger partial charge in [0.2, 0.25) is 0 Å². The summed E-state index contributed by atoms with van der Waals surface area (Å²) in [6.45, 7) is 3.95. The maximum absolute atomic E-state index is 13.7. The van der Waals surface area contributed by atoms with E-state index in [1.54, 1.807) is 18.2 Å². The molecule has 0 fully saturated rings. The first-order chi connectivity index (χ1) is 18.8. The summed E-state index contributed by atoms with van der Waals surface area (Å²) in [5.41, 5.74) is 4.36. The second-order valence-corrected chi connectivity index (χ2v) is 10.4. The van der Waals surface area contributed by atoms with E-state index in [9.17, 15) is 9.59 Å². The van der Waals surface area contributed by atoms with Crippen molar-refractivity contribution in [3.63, 3.8) is 0 Å². The van der Waals surface area contributed by atoms with Crippen LogP contribution in [-0.4, -0.2) is 30.1 Å². The number of nitrogens with zero attached hydrogens (tertiary/aromatic N) is 1. The first-order valence-corrected chi connectivity index (χ1v) is 13.5. The van der Waals surface area contributed by atoms with E-state index >= 15 is 0 Å². The number of methoxy groups -OCH3 is 1. The molecule has 39 heavy (non-hydrogen) atoms. The van der Waals surface area contributed by atoms with E-state index in [-0.39, 0.29) is 17.6 Å². The Hall–Kier alpha value is -4.20. The van der Waals surface area contributed by atoms with Crippen LogP contribution in [0.15, 0.2) is 84.2 Å². The van der Waals surface area contributed by atoms with Gasteiger partial charge in [-0.3, -0.25) is 4.79 Å². The largest absolute Gasteiger partial charge is 0.491 e. The van der Waals surface area contributed by atoms with Crippen molar-refractivity contribution in [3.8, 4) is 28.1 Å². The predicted molar refractivity (Wildman–Crippen MR) is 157 cm³/mol. The van der Waals surface area contributed by atoms with Gasteiger partial charge in [-0.05, 0) is 67.9 Å². The molecule has 1 amide bonds. The number of para-hydroxylation sites is 1. The van der Waals surface area contributed by atoms with Crippen molar-refractivity contribution in [2.24, 2.45) is 0 Å². The first-order valence-electron chi connectivity index (χ1n) is 12.3. The number of thiophene rings is 1. The van der Waals surface area contributed by atoms with Crippen LogP contribution in [0.4, 0.5) is 5.00 Å². The van der Waals surface area contributed by atoms with Gasteiger partial charge in [0.25, 0.3) is 5.91 Å². The average Bonchev–Trinajstić information content (AvgIpc) is 3.35. The van der Waals surface area contributed by atoms with Crippen molar-refractivity contribution >= 4 is 50.7 Å². The van der Waals surface area contributed by atoms with Gasteiger partial charge in [-0.15, -0.1) is 11.3 Å². The Morgan fingerprint density at radius 3 is 2.33 bits per heavy atom. The number of carbonyl (C=O) groups is 2. The summed E-state index contributed by atoms with van der Waals surface area (Å²) in [6, 6.07) is 24.0. The summed E-state index contributed by atoms with van der Waals surface area (Å²) < 4.78 is 10.8. The van der Waals surface area contributed by atoms with Crippen LogP contribution in [0.25, 0.3) is 33.3 Å². The van der Waals surface area contributed by atoms with E-state index in [0.717, 1.165) is 16.9 Å². The number of nitrogens with one attached hydrogen (secondary N) is 1. The SMILES string of the molecule is COC(=O)c1c(-c2ccc(Cl)cc2)csc1NC(=O)c1cc(-c2ccc(OC(C)C)cc2)nc2ccccc12. The lowest BCUT2D eigenvalue weighted by Gasteiger charge is -2.12. The van der Waals surface area contributed by atoms with Crippen molar-refractivity contribution in [1.29, 1.82) is 0 Å². The van der Waals surface area contributed by atoms with Gasteiger partial charge in [-0.25, -0.2) is 9.78 Å². The topological polar surface area (TPSA) is 77.5 Å². The molecule has 0 unspecified atom stereocenters. The zero-order valence-electron chi connectivity index (χ0n) is 21.5. The number of anilines is 1. The molecule has 5 rings (SSSR count). The number of ether oxygens (including phenoxy) is 2. The van der Waals surface area contributed by atoms with Crippen LogP contribution >= 0.6 is 22.9 Å². The summed E-state index contributed by atoms with van der Waals surface area (Å²) >= 11 is 7.30. The third-order valence-electron chi connectivity index (χ3n) is 6.05.